The number of nitrogens with one attached hydrogen (secondary N) is 1. The molecule has 0 aromatic carbocycles. The lowest BCUT2D eigenvalue weighted by Gasteiger charge is -2.50. The minimum absolute atomic E-state index is 0.00372. The van der Waals surface area contributed by atoms with Gasteiger partial charge < -0.3 is 45.9 Å². The van der Waals surface area contributed by atoms with Gasteiger partial charge in [0.25, 0.3) is 5.91 Å². The van der Waals surface area contributed by atoms with E-state index < -0.39 is 101 Å². The van der Waals surface area contributed by atoms with Gasteiger partial charge in [-0.1, -0.05) is 19.8 Å². The van der Waals surface area contributed by atoms with Gasteiger partial charge in [-0.05, 0) is 69.8 Å². The molecule has 0 radical (unpaired) electrons. The summed E-state index contributed by atoms with van der Waals surface area (Å²) in [5.74, 6) is -10.0. The second kappa shape index (κ2) is 15.0. The topological polar surface area (TPSA) is 250 Å². The molecule has 0 heterocycles. The number of aliphatic hydroxyl groups excluding tert-OH is 1. The van der Waals surface area contributed by atoms with Gasteiger partial charge in [-0.2, -0.15) is 0 Å². The molecule has 17 heteroatoms. The maximum absolute atomic E-state index is 14.3. The highest BCUT2D eigenvalue weighted by molar-refractivity contribution is 6.24. The number of ether oxygens (including phenoxy) is 2. The van der Waals surface area contributed by atoms with Crippen molar-refractivity contribution in [2.75, 3.05) is 48.1 Å². The van der Waals surface area contributed by atoms with E-state index in [0.29, 0.717) is 31.4 Å². The van der Waals surface area contributed by atoms with Crippen LogP contribution in [-0.2, 0) is 33.4 Å². The molecule has 3 amide bonds. The monoisotopic (exact) mass is 743 g/mol. The molecule has 1 fully saturated rings. The van der Waals surface area contributed by atoms with Gasteiger partial charge in [0.1, 0.15) is 23.9 Å². The molecule has 290 valence electrons. The van der Waals surface area contributed by atoms with Gasteiger partial charge in [0, 0.05) is 37.8 Å². The quantitative estimate of drug-likeness (QED) is 0.0840. The number of nitrogens with zero attached hydrogens (tertiary/aromatic N) is 3. The second-order valence-electron chi connectivity index (χ2n) is 14.8. The van der Waals surface area contributed by atoms with Gasteiger partial charge in [-0.3, -0.25) is 33.8 Å². The van der Waals surface area contributed by atoms with Gasteiger partial charge in [0.05, 0.1) is 17.5 Å². The fraction of sp³-hybridized carbons (Fsp3) is 0.611. The Bertz CT molecular complexity index is 1710. The highest BCUT2D eigenvalue weighted by atomic mass is 16.7. The van der Waals surface area contributed by atoms with Crippen molar-refractivity contribution in [2.24, 2.45) is 23.5 Å². The Balaban J connectivity index is 1.40. The van der Waals surface area contributed by atoms with E-state index in [9.17, 15) is 49.2 Å². The lowest BCUT2D eigenvalue weighted by molar-refractivity contribution is -0.160. The van der Waals surface area contributed by atoms with Crippen LogP contribution in [0.25, 0.3) is 0 Å². The fourth-order valence-electron chi connectivity index (χ4n) is 7.93. The first-order valence-corrected chi connectivity index (χ1v) is 17.7. The molecular weight excluding hydrogens is 694 g/mol. The highest BCUT2D eigenvalue weighted by Crippen LogP contribution is 2.52. The zero-order valence-corrected chi connectivity index (χ0v) is 30.6. The average molecular weight is 744 g/mol. The van der Waals surface area contributed by atoms with Crippen LogP contribution in [0.1, 0.15) is 51.9 Å². The largest absolute Gasteiger partial charge is 0.510 e. The van der Waals surface area contributed by atoms with Crippen LogP contribution >= 0.6 is 0 Å². The van der Waals surface area contributed by atoms with Crippen molar-refractivity contribution in [3.8, 4) is 0 Å². The summed E-state index contributed by atoms with van der Waals surface area (Å²) in [6, 6.07) is -2.61. The second-order valence-corrected chi connectivity index (χ2v) is 14.8. The van der Waals surface area contributed by atoms with Crippen molar-refractivity contribution in [1.82, 2.24) is 20.0 Å². The molecule has 1 saturated carbocycles. The summed E-state index contributed by atoms with van der Waals surface area (Å²) < 4.78 is 10.1. The number of hydrogen-bond donors (Lipinski definition) is 6. The molecule has 7 N–H and O–H groups in total. The minimum atomic E-state index is -2.99. The number of esters is 1. The van der Waals surface area contributed by atoms with E-state index in [1.54, 1.807) is 33.1 Å². The van der Waals surface area contributed by atoms with Crippen LogP contribution in [0.5, 0.6) is 0 Å². The van der Waals surface area contributed by atoms with Crippen LogP contribution in [-0.4, -0.2) is 142 Å². The van der Waals surface area contributed by atoms with Crippen molar-refractivity contribution in [3.05, 3.63) is 45.9 Å². The fourth-order valence-corrected chi connectivity index (χ4v) is 7.93. The number of rotatable bonds is 12. The van der Waals surface area contributed by atoms with Crippen LogP contribution in [0.4, 0.5) is 4.79 Å². The highest BCUT2D eigenvalue weighted by Gasteiger charge is 2.60. The molecule has 0 bridgehead atoms. The normalized spacial score (nSPS) is 27.8. The van der Waals surface area contributed by atoms with Gasteiger partial charge in [-0.15, -0.1) is 0 Å². The molecule has 1 unspecified atom stereocenters. The molecule has 0 aromatic rings. The molecule has 17 nitrogen and oxygen atoms in total. The number of hydrogen-bond acceptors (Lipinski definition) is 14. The predicted octanol–water partition coefficient (Wildman–Crippen LogP) is -0.476. The van der Waals surface area contributed by atoms with Crippen LogP contribution < -0.4 is 11.1 Å². The predicted molar refractivity (Wildman–Crippen MR) is 185 cm³/mol. The number of allylic oxidation sites excluding steroid dienone is 2. The van der Waals surface area contributed by atoms with E-state index in [-0.39, 0.29) is 36.5 Å². The van der Waals surface area contributed by atoms with Crippen LogP contribution in [0.2, 0.25) is 0 Å². The summed E-state index contributed by atoms with van der Waals surface area (Å²) in [5, 5.41) is 48.7. The first kappa shape index (κ1) is 39.6. The number of aliphatic hydroxyl groups is 4. The Hall–Kier alpha value is -4.58. The number of unbranched alkanes of at least 4 members (excludes halogenated alkanes) is 1. The molecule has 5 atom stereocenters. The molecule has 5 aliphatic rings. The first-order valence-electron chi connectivity index (χ1n) is 17.7. The SMILES string of the molecule is CCCCN(CC(=O)NC1C=C(N(C)C)C2=C(C(=O)C3=C[C@@]4(O)C(=O)C(C(N)=O)=C(O)[C@@H](N(C)C)[C@@H]4C[C@@H]3C2)C1(O)O)C(=O)OCOC(=O)C1CCC1. The number of carbonyl (C=O) groups is 6. The van der Waals surface area contributed by atoms with Crippen molar-refractivity contribution in [3.63, 3.8) is 0 Å². The van der Waals surface area contributed by atoms with Gasteiger partial charge >= 0.3 is 12.1 Å². The van der Waals surface area contributed by atoms with Crippen LogP contribution in [0, 0.1) is 17.8 Å². The Labute approximate surface area is 306 Å². The van der Waals surface area contributed by atoms with Gasteiger partial charge in [0.15, 0.2) is 11.4 Å². The molecule has 0 spiro atoms. The Morgan fingerprint density at radius 2 is 1.74 bits per heavy atom. The van der Waals surface area contributed by atoms with Gasteiger partial charge in [0.2, 0.25) is 24.3 Å². The summed E-state index contributed by atoms with van der Waals surface area (Å²) in [6.07, 6.45) is 5.09. The third-order valence-electron chi connectivity index (χ3n) is 10.9. The molecular formula is C36H49N5O12. The average Bonchev–Trinajstić information content (AvgIpc) is 3.03. The number of likely N-dealkylation sites (N-methyl/N-ethyl adjacent to an activating group) is 2. The zero-order valence-electron chi connectivity index (χ0n) is 30.6. The van der Waals surface area contributed by atoms with Gasteiger partial charge in [-0.25, -0.2) is 4.79 Å². The van der Waals surface area contributed by atoms with E-state index in [4.69, 9.17) is 15.2 Å². The zero-order chi connectivity index (χ0) is 39.2. The van der Waals surface area contributed by atoms with Crippen LogP contribution in [0.3, 0.4) is 0 Å². The third-order valence-corrected chi connectivity index (χ3v) is 10.9. The molecule has 0 saturated heterocycles. The van der Waals surface area contributed by atoms with E-state index in [2.05, 4.69) is 5.32 Å². The summed E-state index contributed by atoms with van der Waals surface area (Å²) in [6.45, 7) is 0.801. The van der Waals surface area contributed by atoms with E-state index >= 15 is 0 Å². The van der Waals surface area contributed by atoms with E-state index in [0.717, 1.165) is 17.4 Å². The van der Waals surface area contributed by atoms with Crippen molar-refractivity contribution in [1.29, 1.82) is 0 Å². The third kappa shape index (κ3) is 7.22. The van der Waals surface area contributed by atoms with Crippen LogP contribution in [0.15, 0.2) is 45.9 Å². The number of carbonyl (C=O) groups excluding carboxylic acids is 6. The first-order chi connectivity index (χ1) is 24.8. The standard InChI is InChI=1S/C36H49N5O12/c1-6-7-11-41(34(48)53-17-52-33(47)18-9-8-10-18)16-25(42)38-24-14-23(39(2)3)20-12-19-13-22-28(40(4)5)30(44)26(32(37)46)31(45)35(22,49)15-21(19)29(43)27(20)36(24,50)51/h14-15,18-19,22,24,28,44,49-51H,6-13,16-17H2,1-5H3,(H2,37,46)(H,38,42)/t19-,22-,24?,28-,35-/m0/s1. The maximum Gasteiger partial charge on any atom is 0.413 e. The smallest absolute Gasteiger partial charge is 0.413 e. The molecule has 0 aromatic heterocycles. The van der Waals surface area contributed by atoms with Crippen molar-refractivity contribution < 1.29 is 58.7 Å². The number of Topliss-reactive ketones (excluding diaryl/α,β-unsaturated/α-hetero) is 2. The lowest BCUT2D eigenvalue weighted by Crippen LogP contribution is -2.62. The number of primary amides is 1. The number of ketones is 2. The Morgan fingerprint density at radius 1 is 1.06 bits per heavy atom. The maximum atomic E-state index is 14.3. The Kier molecular flexibility index (Phi) is 11.2. The molecule has 0 aliphatic heterocycles. The molecule has 5 aliphatic carbocycles. The summed E-state index contributed by atoms with van der Waals surface area (Å²) >= 11 is 0. The lowest BCUT2D eigenvalue weighted by atomic mass is 9.58. The van der Waals surface area contributed by atoms with E-state index in [1.807, 2.05) is 6.92 Å². The Morgan fingerprint density at radius 3 is 2.30 bits per heavy atom. The van der Waals surface area contributed by atoms with Crippen molar-refractivity contribution in [2.45, 2.75) is 75.3 Å². The minimum Gasteiger partial charge on any atom is -0.510 e. The molecule has 5 rings (SSSR count). The van der Waals surface area contributed by atoms with E-state index in [1.165, 1.54) is 11.0 Å². The number of amides is 3. The summed E-state index contributed by atoms with van der Waals surface area (Å²) in [4.78, 5) is 82.8. The van der Waals surface area contributed by atoms with Crippen molar-refractivity contribution >= 4 is 35.4 Å². The summed E-state index contributed by atoms with van der Waals surface area (Å²) in [5.41, 5.74) is 2.30. The summed E-state index contributed by atoms with van der Waals surface area (Å²) in [7, 11) is 6.52. The number of nitrogens with two attached hydrogens (primary N) is 1. The number of fused-ring (bicyclic) bond motifs is 2. The molecule has 53 heavy (non-hydrogen) atoms.